The van der Waals surface area contributed by atoms with Crippen LogP contribution in [0.15, 0.2) is 48.5 Å². The molecular formula is C26H33N3O5. The van der Waals surface area contributed by atoms with Crippen LogP contribution in [0.4, 0.5) is 15.3 Å². The molecule has 0 spiro atoms. The second-order valence-electron chi connectivity index (χ2n) is 9.49. The summed E-state index contributed by atoms with van der Waals surface area (Å²) in [6, 6.07) is 14.6. The Morgan fingerprint density at radius 2 is 1.82 bits per heavy atom. The molecule has 8 nitrogen and oxygen atoms in total. The highest BCUT2D eigenvalue weighted by Crippen LogP contribution is 2.26. The number of hydrogen-bond acceptors (Lipinski definition) is 4. The Morgan fingerprint density at radius 1 is 1.12 bits per heavy atom. The summed E-state index contributed by atoms with van der Waals surface area (Å²) in [6.45, 7) is 7.28. The number of amides is 3. The van der Waals surface area contributed by atoms with E-state index in [2.05, 4.69) is 0 Å². The number of carbonyl (C=O) groups excluding carboxylic acids is 2. The molecule has 0 aliphatic carbocycles. The Kier molecular flexibility index (Phi) is 7.81. The zero-order valence-corrected chi connectivity index (χ0v) is 20.3. The van der Waals surface area contributed by atoms with Crippen LogP contribution < -0.4 is 4.90 Å². The molecule has 8 heteroatoms. The van der Waals surface area contributed by atoms with Crippen molar-refractivity contribution >= 4 is 23.8 Å². The fourth-order valence-electron chi connectivity index (χ4n) is 3.87. The van der Waals surface area contributed by atoms with Crippen molar-refractivity contribution in [2.24, 2.45) is 0 Å². The molecule has 2 aromatic carbocycles. The van der Waals surface area contributed by atoms with Gasteiger partial charge in [0.2, 0.25) is 0 Å². The molecule has 0 unspecified atom stereocenters. The maximum atomic E-state index is 13.0. The van der Waals surface area contributed by atoms with Gasteiger partial charge in [0.05, 0.1) is 6.54 Å². The third-order valence-electron chi connectivity index (χ3n) is 5.61. The molecule has 0 saturated heterocycles. The van der Waals surface area contributed by atoms with Crippen LogP contribution in [0.25, 0.3) is 0 Å². The third kappa shape index (κ3) is 6.50. The highest BCUT2D eigenvalue weighted by Gasteiger charge is 2.26. The molecule has 34 heavy (non-hydrogen) atoms. The number of rotatable bonds is 7. The Morgan fingerprint density at radius 3 is 2.47 bits per heavy atom. The lowest BCUT2D eigenvalue weighted by Gasteiger charge is -2.30. The molecule has 3 rings (SSSR count). The second-order valence-corrected chi connectivity index (χ2v) is 9.49. The molecule has 182 valence electrons. The van der Waals surface area contributed by atoms with Gasteiger partial charge in [-0.25, -0.2) is 9.59 Å². The predicted molar refractivity (Wildman–Crippen MR) is 130 cm³/mol. The highest BCUT2D eigenvalue weighted by molar-refractivity contribution is 5.98. The SMILES string of the molecule is CN(CCCN1CCc2cc(N(Cc3ccccc3)C(=O)O)ccc2C1=O)C(=O)OC(C)(C)C. The first kappa shape index (κ1) is 25.1. The number of fused-ring (bicyclic) bond motifs is 1. The molecule has 0 atom stereocenters. The van der Waals surface area contributed by atoms with Crippen LogP contribution in [0, 0.1) is 0 Å². The van der Waals surface area contributed by atoms with Gasteiger partial charge in [-0.2, -0.15) is 0 Å². The summed E-state index contributed by atoms with van der Waals surface area (Å²) in [4.78, 5) is 41.6. The first-order valence-corrected chi connectivity index (χ1v) is 11.5. The van der Waals surface area contributed by atoms with Gasteiger partial charge in [-0.1, -0.05) is 30.3 Å². The van der Waals surface area contributed by atoms with Crippen molar-refractivity contribution in [1.82, 2.24) is 9.80 Å². The van der Waals surface area contributed by atoms with Gasteiger partial charge in [-0.15, -0.1) is 0 Å². The van der Waals surface area contributed by atoms with Gasteiger partial charge >= 0.3 is 12.2 Å². The van der Waals surface area contributed by atoms with Crippen molar-refractivity contribution in [2.75, 3.05) is 31.6 Å². The zero-order valence-electron chi connectivity index (χ0n) is 20.3. The topological polar surface area (TPSA) is 90.4 Å². The lowest BCUT2D eigenvalue weighted by molar-refractivity contribution is 0.0293. The van der Waals surface area contributed by atoms with Crippen LogP contribution in [0.1, 0.15) is 48.7 Å². The predicted octanol–water partition coefficient (Wildman–Crippen LogP) is 4.63. The normalized spacial score (nSPS) is 13.3. The van der Waals surface area contributed by atoms with Crippen molar-refractivity contribution in [3.63, 3.8) is 0 Å². The van der Waals surface area contributed by atoms with E-state index in [1.165, 1.54) is 9.80 Å². The van der Waals surface area contributed by atoms with E-state index >= 15 is 0 Å². The Hall–Kier alpha value is -3.55. The molecule has 0 fully saturated rings. The maximum absolute atomic E-state index is 13.0. The number of anilines is 1. The number of nitrogens with zero attached hydrogens (tertiary/aromatic N) is 3. The van der Waals surface area contributed by atoms with Gasteiger partial charge in [0.1, 0.15) is 5.60 Å². The Bertz CT molecular complexity index is 1030. The summed E-state index contributed by atoms with van der Waals surface area (Å²) in [6.07, 6.45) is -0.135. The van der Waals surface area contributed by atoms with E-state index in [1.807, 2.05) is 51.1 Å². The lowest BCUT2D eigenvalue weighted by atomic mass is 9.97. The minimum atomic E-state index is -1.04. The van der Waals surface area contributed by atoms with E-state index in [9.17, 15) is 19.5 Å². The molecule has 0 radical (unpaired) electrons. The van der Waals surface area contributed by atoms with E-state index in [0.29, 0.717) is 43.7 Å². The molecular weight excluding hydrogens is 434 g/mol. The van der Waals surface area contributed by atoms with Crippen LogP contribution in [0.3, 0.4) is 0 Å². The molecule has 0 saturated carbocycles. The second kappa shape index (κ2) is 10.6. The molecule has 2 aromatic rings. The van der Waals surface area contributed by atoms with Crippen molar-refractivity contribution in [2.45, 2.75) is 45.8 Å². The summed E-state index contributed by atoms with van der Waals surface area (Å²) in [7, 11) is 1.69. The molecule has 1 heterocycles. The highest BCUT2D eigenvalue weighted by atomic mass is 16.6. The van der Waals surface area contributed by atoms with E-state index in [0.717, 1.165) is 11.1 Å². The van der Waals surface area contributed by atoms with Gasteiger partial charge in [0.25, 0.3) is 5.91 Å². The summed E-state index contributed by atoms with van der Waals surface area (Å²) in [5, 5.41) is 9.74. The fraction of sp³-hybridized carbons (Fsp3) is 0.423. The van der Waals surface area contributed by atoms with E-state index < -0.39 is 11.7 Å². The van der Waals surface area contributed by atoms with Crippen molar-refractivity contribution in [3.8, 4) is 0 Å². The quantitative estimate of drug-likeness (QED) is 0.641. The van der Waals surface area contributed by atoms with Crippen LogP contribution in [0.5, 0.6) is 0 Å². The first-order valence-electron chi connectivity index (χ1n) is 11.5. The third-order valence-corrected chi connectivity index (χ3v) is 5.61. The first-order chi connectivity index (χ1) is 16.0. The average molecular weight is 468 g/mol. The number of benzene rings is 2. The van der Waals surface area contributed by atoms with Gasteiger partial charge < -0.3 is 19.6 Å². The molecule has 1 N–H and O–H groups in total. The monoisotopic (exact) mass is 467 g/mol. The number of carboxylic acid groups (broad SMARTS) is 1. The summed E-state index contributed by atoms with van der Waals surface area (Å²) < 4.78 is 5.36. The average Bonchev–Trinajstić information content (AvgIpc) is 2.78. The number of carbonyl (C=O) groups is 3. The van der Waals surface area contributed by atoms with Gasteiger partial charge in [0.15, 0.2) is 0 Å². The maximum Gasteiger partial charge on any atom is 0.412 e. The van der Waals surface area contributed by atoms with E-state index in [4.69, 9.17) is 4.74 Å². The smallest absolute Gasteiger partial charge is 0.412 e. The standard InChI is InChI=1S/C26H33N3O5/c1-26(2,3)34-25(33)27(4)14-8-15-28-16-13-20-17-21(11-12-22(20)23(28)30)29(24(31)32)18-19-9-6-5-7-10-19/h5-7,9-12,17H,8,13-16,18H2,1-4H3,(H,31,32). The van der Waals surface area contributed by atoms with Crippen LogP contribution in [-0.2, 0) is 17.7 Å². The van der Waals surface area contributed by atoms with Crippen LogP contribution in [-0.4, -0.2) is 65.3 Å². The van der Waals surface area contributed by atoms with Gasteiger partial charge in [-0.3, -0.25) is 9.69 Å². The van der Waals surface area contributed by atoms with Crippen molar-refractivity contribution < 1.29 is 24.2 Å². The zero-order chi connectivity index (χ0) is 24.9. The largest absolute Gasteiger partial charge is 0.465 e. The van der Waals surface area contributed by atoms with Crippen LogP contribution >= 0.6 is 0 Å². The Balaban J connectivity index is 1.62. The van der Waals surface area contributed by atoms with Crippen LogP contribution in [0.2, 0.25) is 0 Å². The lowest BCUT2D eigenvalue weighted by Crippen LogP contribution is -2.40. The van der Waals surface area contributed by atoms with E-state index in [-0.39, 0.29) is 18.5 Å². The summed E-state index contributed by atoms with van der Waals surface area (Å²) in [5.74, 6) is -0.0716. The molecule has 1 aliphatic rings. The molecule has 0 aromatic heterocycles. The number of ether oxygens (including phenoxy) is 1. The van der Waals surface area contributed by atoms with Gasteiger partial charge in [0, 0.05) is 37.9 Å². The van der Waals surface area contributed by atoms with Gasteiger partial charge in [-0.05, 0) is 62.9 Å². The molecule has 3 amide bonds. The summed E-state index contributed by atoms with van der Waals surface area (Å²) in [5.41, 5.74) is 2.34. The minimum absolute atomic E-state index is 0.0716. The van der Waals surface area contributed by atoms with Crippen molar-refractivity contribution in [3.05, 3.63) is 65.2 Å². The Labute approximate surface area is 200 Å². The fourth-order valence-corrected chi connectivity index (χ4v) is 3.87. The molecule has 0 bridgehead atoms. The van der Waals surface area contributed by atoms with E-state index in [1.54, 1.807) is 30.1 Å². The summed E-state index contributed by atoms with van der Waals surface area (Å²) >= 11 is 0. The minimum Gasteiger partial charge on any atom is -0.465 e. The van der Waals surface area contributed by atoms with Crippen molar-refractivity contribution in [1.29, 1.82) is 0 Å². The molecule has 1 aliphatic heterocycles. The number of hydrogen-bond donors (Lipinski definition) is 1.